The van der Waals surface area contributed by atoms with E-state index in [9.17, 15) is 4.79 Å². The predicted molar refractivity (Wildman–Crippen MR) is 70.8 cm³/mol. The van der Waals surface area contributed by atoms with Crippen molar-refractivity contribution < 1.29 is 4.79 Å². The Balaban J connectivity index is 2.18. The van der Waals surface area contributed by atoms with Crippen LogP contribution in [0.4, 0.5) is 0 Å². The molecule has 0 aliphatic carbocycles. The molecule has 1 aromatic carbocycles. The first kappa shape index (κ1) is 13.7. The van der Waals surface area contributed by atoms with Gasteiger partial charge >= 0.3 is 0 Å². The number of aryl methyl sites for hydroxylation is 1. The van der Waals surface area contributed by atoms with Crippen molar-refractivity contribution >= 4 is 5.91 Å². The highest BCUT2D eigenvalue weighted by Crippen LogP contribution is 2.02. The van der Waals surface area contributed by atoms with Crippen LogP contribution in [0, 0.1) is 6.92 Å². The summed E-state index contributed by atoms with van der Waals surface area (Å²) in [7, 11) is 0. The second-order valence-electron chi connectivity index (χ2n) is 4.64. The lowest BCUT2D eigenvalue weighted by molar-refractivity contribution is -0.121. The molecule has 2 N–H and O–H groups in total. The van der Waals surface area contributed by atoms with Crippen molar-refractivity contribution in [3.05, 3.63) is 35.4 Å². The predicted octanol–water partition coefficient (Wildman–Crippen LogP) is 2.00. The third-order valence-electron chi connectivity index (χ3n) is 2.39. The van der Waals surface area contributed by atoms with Gasteiger partial charge in [-0.3, -0.25) is 4.79 Å². The average molecular weight is 234 g/mol. The molecular formula is C14H22N2O. The summed E-state index contributed by atoms with van der Waals surface area (Å²) in [6.07, 6.45) is 0.532. The molecule has 94 valence electrons. The van der Waals surface area contributed by atoms with Gasteiger partial charge < -0.3 is 10.6 Å². The fraction of sp³-hybridized carbons (Fsp3) is 0.500. The van der Waals surface area contributed by atoms with E-state index in [1.807, 2.05) is 13.8 Å². The van der Waals surface area contributed by atoms with E-state index < -0.39 is 0 Å². The second kappa shape index (κ2) is 7.07. The number of benzene rings is 1. The molecule has 0 fully saturated rings. The molecule has 0 spiro atoms. The smallest absolute Gasteiger partial charge is 0.221 e. The topological polar surface area (TPSA) is 41.1 Å². The molecule has 1 aromatic rings. The summed E-state index contributed by atoms with van der Waals surface area (Å²) < 4.78 is 0. The van der Waals surface area contributed by atoms with E-state index in [2.05, 4.69) is 41.8 Å². The van der Waals surface area contributed by atoms with E-state index in [1.165, 1.54) is 11.1 Å². The van der Waals surface area contributed by atoms with Crippen molar-refractivity contribution in [2.45, 2.75) is 39.8 Å². The zero-order chi connectivity index (χ0) is 12.7. The number of rotatable bonds is 6. The molecule has 0 heterocycles. The first-order valence-electron chi connectivity index (χ1n) is 6.13. The van der Waals surface area contributed by atoms with Gasteiger partial charge in [0.05, 0.1) is 0 Å². The van der Waals surface area contributed by atoms with E-state index in [0.29, 0.717) is 13.0 Å². The first-order chi connectivity index (χ1) is 8.08. The monoisotopic (exact) mass is 234 g/mol. The van der Waals surface area contributed by atoms with Crippen molar-refractivity contribution in [3.63, 3.8) is 0 Å². The maximum Gasteiger partial charge on any atom is 0.221 e. The van der Waals surface area contributed by atoms with Crippen molar-refractivity contribution in [1.82, 2.24) is 10.6 Å². The minimum atomic E-state index is 0.108. The Kier molecular flexibility index (Phi) is 5.70. The van der Waals surface area contributed by atoms with Crippen LogP contribution in [0.2, 0.25) is 0 Å². The van der Waals surface area contributed by atoms with Gasteiger partial charge in [-0.1, -0.05) is 29.8 Å². The molecule has 0 atom stereocenters. The summed E-state index contributed by atoms with van der Waals surface area (Å²) in [5.74, 6) is 0.108. The minimum Gasteiger partial charge on any atom is -0.354 e. The van der Waals surface area contributed by atoms with E-state index >= 15 is 0 Å². The SMILES string of the molecule is Cc1cccc(CNCCC(=O)NC(C)C)c1. The molecule has 0 unspecified atom stereocenters. The molecule has 1 rings (SSSR count). The molecule has 17 heavy (non-hydrogen) atoms. The van der Waals surface area contributed by atoms with E-state index in [-0.39, 0.29) is 11.9 Å². The standard InChI is InChI=1S/C14H22N2O/c1-11(2)16-14(17)7-8-15-10-13-6-4-5-12(3)9-13/h4-6,9,11,15H,7-8,10H2,1-3H3,(H,16,17). The van der Waals surface area contributed by atoms with Crippen LogP contribution in [0.15, 0.2) is 24.3 Å². The van der Waals surface area contributed by atoms with Crippen LogP contribution in [-0.2, 0) is 11.3 Å². The third-order valence-corrected chi connectivity index (χ3v) is 2.39. The number of carbonyl (C=O) groups excluding carboxylic acids is 1. The van der Waals surface area contributed by atoms with Crippen LogP contribution >= 0.6 is 0 Å². The van der Waals surface area contributed by atoms with Crippen LogP contribution in [-0.4, -0.2) is 18.5 Å². The molecule has 3 heteroatoms. The molecule has 1 amide bonds. The summed E-state index contributed by atoms with van der Waals surface area (Å²) >= 11 is 0. The molecule has 0 bridgehead atoms. The van der Waals surface area contributed by atoms with Crippen molar-refractivity contribution in [2.75, 3.05) is 6.54 Å². The van der Waals surface area contributed by atoms with E-state index in [1.54, 1.807) is 0 Å². The van der Waals surface area contributed by atoms with Gasteiger partial charge in [0.25, 0.3) is 0 Å². The fourth-order valence-electron chi connectivity index (χ4n) is 1.65. The molecule has 0 aliphatic rings. The van der Waals surface area contributed by atoms with Crippen molar-refractivity contribution in [3.8, 4) is 0 Å². The average Bonchev–Trinajstić information content (AvgIpc) is 2.23. The van der Waals surface area contributed by atoms with Crippen molar-refractivity contribution in [1.29, 1.82) is 0 Å². The van der Waals surface area contributed by atoms with Gasteiger partial charge in [0.15, 0.2) is 0 Å². The molecule has 0 saturated heterocycles. The third kappa shape index (κ3) is 6.07. The molecule has 3 nitrogen and oxygen atoms in total. The zero-order valence-electron chi connectivity index (χ0n) is 10.9. The number of carbonyl (C=O) groups is 1. The lowest BCUT2D eigenvalue weighted by atomic mass is 10.1. The van der Waals surface area contributed by atoms with Gasteiger partial charge in [-0.25, -0.2) is 0 Å². The first-order valence-corrected chi connectivity index (χ1v) is 6.13. The molecular weight excluding hydrogens is 212 g/mol. The Morgan fingerprint density at radius 2 is 2.12 bits per heavy atom. The lowest BCUT2D eigenvalue weighted by Gasteiger charge is -2.09. The largest absolute Gasteiger partial charge is 0.354 e. The Morgan fingerprint density at radius 3 is 2.76 bits per heavy atom. The number of hydrogen-bond acceptors (Lipinski definition) is 2. The van der Waals surface area contributed by atoms with Crippen molar-refractivity contribution in [2.24, 2.45) is 0 Å². The quantitative estimate of drug-likeness (QED) is 0.739. The van der Waals surface area contributed by atoms with Gasteiger partial charge in [0, 0.05) is 25.6 Å². The number of amides is 1. The van der Waals surface area contributed by atoms with Gasteiger partial charge in [0.2, 0.25) is 5.91 Å². The highest BCUT2D eigenvalue weighted by molar-refractivity contribution is 5.76. The Labute approximate surface area is 104 Å². The van der Waals surface area contributed by atoms with Crippen LogP contribution in [0.5, 0.6) is 0 Å². The maximum absolute atomic E-state index is 11.4. The van der Waals surface area contributed by atoms with Crippen LogP contribution < -0.4 is 10.6 Å². The normalized spacial score (nSPS) is 10.6. The summed E-state index contributed by atoms with van der Waals surface area (Å²) in [6.45, 7) is 7.55. The Morgan fingerprint density at radius 1 is 1.35 bits per heavy atom. The van der Waals surface area contributed by atoms with Gasteiger partial charge in [0.1, 0.15) is 0 Å². The zero-order valence-corrected chi connectivity index (χ0v) is 10.9. The van der Waals surface area contributed by atoms with Crippen LogP contribution in [0.3, 0.4) is 0 Å². The van der Waals surface area contributed by atoms with E-state index in [0.717, 1.165) is 6.54 Å². The van der Waals surface area contributed by atoms with Gasteiger partial charge in [-0.15, -0.1) is 0 Å². The maximum atomic E-state index is 11.4. The van der Waals surface area contributed by atoms with Gasteiger partial charge in [-0.05, 0) is 26.3 Å². The highest BCUT2D eigenvalue weighted by atomic mass is 16.1. The second-order valence-corrected chi connectivity index (χ2v) is 4.64. The van der Waals surface area contributed by atoms with Gasteiger partial charge in [-0.2, -0.15) is 0 Å². The van der Waals surface area contributed by atoms with E-state index in [4.69, 9.17) is 0 Å². The fourth-order valence-corrected chi connectivity index (χ4v) is 1.65. The summed E-state index contributed by atoms with van der Waals surface area (Å²) in [6, 6.07) is 8.60. The summed E-state index contributed by atoms with van der Waals surface area (Å²) in [5.41, 5.74) is 2.52. The highest BCUT2D eigenvalue weighted by Gasteiger charge is 2.02. The minimum absolute atomic E-state index is 0.108. The Bertz CT molecular complexity index is 361. The molecule has 0 aliphatic heterocycles. The van der Waals surface area contributed by atoms with Crippen LogP contribution in [0.25, 0.3) is 0 Å². The molecule has 0 saturated carbocycles. The number of nitrogens with one attached hydrogen (secondary N) is 2. The summed E-state index contributed by atoms with van der Waals surface area (Å²) in [4.78, 5) is 11.4. The Hall–Kier alpha value is -1.35. The molecule has 0 radical (unpaired) electrons. The lowest BCUT2D eigenvalue weighted by Crippen LogP contribution is -2.32. The summed E-state index contributed by atoms with van der Waals surface area (Å²) in [5, 5.41) is 6.14. The van der Waals surface area contributed by atoms with Crippen LogP contribution in [0.1, 0.15) is 31.4 Å². The number of hydrogen-bond donors (Lipinski definition) is 2. The molecule has 0 aromatic heterocycles.